The van der Waals surface area contributed by atoms with Crippen LogP contribution in [0.15, 0.2) is 36.4 Å². The maximum absolute atomic E-state index is 7.00. The zero-order chi connectivity index (χ0) is 10.9. The number of aliphatic hydroxyl groups is 1. The summed E-state index contributed by atoms with van der Waals surface area (Å²) in [5.41, 5.74) is 0. The fraction of sp³-hybridized carbons (Fsp3) is 0.500. The van der Waals surface area contributed by atoms with Crippen LogP contribution in [0.3, 0.4) is 0 Å². The third kappa shape index (κ3) is 35.1. The molecule has 0 aromatic heterocycles. The molecule has 0 amide bonds. The highest BCUT2D eigenvalue weighted by atomic mass is 16.2. The van der Waals surface area contributed by atoms with E-state index in [2.05, 4.69) is 13.8 Å². The number of hydrogen-bond acceptors (Lipinski definition) is 1. The van der Waals surface area contributed by atoms with Crippen LogP contribution >= 0.6 is 0 Å². The third-order valence-electron chi connectivity index (χ3n) is 0.667. The van der Waals surface area contributed by atoms with Crippen LogP contribution in [-0.4, -0.2) is 12.2 Å². The maximum Gasteiger partial charge on any atom is 0.0319 e. The Kier molecular flexibility index (Phi) is 42.2. The molecule has 1 nitrogen and oxygen atoms in total. The first kappa shape index (κ1) is 18.1. The van der Waals surface area contributed by atoms with Gasteiger partial charge in [-0.2, -0.15) is 0 Å². The van der Waals surface area contributed by atoms with Gasteiger partial charge in [-0.15, -0.1) is 0 Å². The van der Waals surface area contributed by atoms with Gasteiger partial charge in [0.05, 0.1) is 0 Å². The molecule has 0 fully saturated rings. The lowest BCUT2D eigenvalue weighted by Crippen LogP contribution is -1.47. The minimum Gasteiger partial charge on any atom is -0.400 e. The summed E-state index contributed by atoms with van der Waals surface area (Å²) in [4.78, 5) is 0. The molecule has 1 heteroatoms. The van der Waals surface area contributed by atoms with Crippen LogP contribution in [-0.2, 0) is 0 Å². The highest BCUT2D eigenvalue weighted by molar-refractivity contribution is 4.99. The molecule has 13 heavy (non-hydrogen) atoms. The van der Waals surface area contributed by atoms with Gasteiger partial charge in [-0.25, -0.2) is 0 Å². The molecule has 1 aromatic carbocycles. The van der Waals surface area contributed by atoms with Crippen LogP contribution in [0.4, 0.5) is 0 Å². The molecule has 0 aliphatic rings. The van der Waals surface area contributed by atoms with Crippen molar-refractivity contribution in [2.24, 2.45) is 0 Å². The zero-order valence-corrected chi connectivity index (χ0v) is 9.62. The van der Waals surface area contributed by atoms with E-state index < -0.39 is 0 Å². The van der Waals surface area contributed by atoms with Crippen LogP contribution < -0.4 is 0 Å². The molecule has 0 aliphatic carbocycles. The SMILES string of the molecule is CC.CCC.CO.c1ccccc1. The molecular weight excluding hydrogens is 160 g/mol. The van der Waals surface area contributed by atoms with Gasteiger partial charge >= 0.3 is 0 Å². The van der Waals surface area contributed by atoms with Crippen molar-refractivity contribution in [3.05, 3.63) is 36.4 Å². The van der Waals surface area contributed by atoms with Gasteiger partial charge in [0.25, 0.3) is 0 Å². The van der Waals surface area contributed by atoms with Crippen molar-refractivity contribution in [2.75, 3.05) is 7.11 Å². The molecular formula is C12H24O. The molecule has 0 heterocycles. The second-order valence-corrected chi connectivity index (χ2v) is 1.86. The molecule has 0 unspecified atom stereocenters. The van der Waals surface area contributed by atoms with Gasteiger partial charge in [-0.3, -0.25) is 0 Å². The summed E-state index contributed by atoms with van der Waals surface area (Å²) in [6.45, 7) is 8.25. The van der Waals surface area contributed by atoms with Crippen LogP contribution in [0.1, 0.15) is 34.1 Å². The van der Waals surface area contributed by atoms with E-state index in [4.69, 9.17) is 5.11 Å². The summed E-state index contributed by atoms with van der Waals surface area (Å²) in [5.74, 6) is 0. The second-order valence-electron chi connectivity index (χ2n) is 1.86. The highest BCUT2D eigenvalue weighted by Gasteiger charge is 1.57. The summed E-state index contributed by atoms with van der Waals surface area (Å²) in [6, 6.07) is 12.0. The lowest BCUT2D eigenvalue weighted by Gasteiger charge is -1.69. The van der Waals surface area contributed by atoms with Gasteiger partial charge in [-0.1, -0.05) is 70.5 Å². The van der Waals surface area contributed by atoms with Crippen molar-refractivity contribution in [3.63, 3.8) is 0 Å². The minimum atomic E-state index is 1.00. The standard InChI is InChI=1S/C6H6.C3H8.C2H6.CH4O/c1-2-4-6-5-3-1;1-3-2;2*1-2/h1-6H;3H2,1-2H3;1-2H3;2H,1H3. The predicted molar refractivity (Wildman–Crippen MR) is 61.9 cm³/mol. The van der Waals surface area contributed by atoms with Crippen molar-refractivity contribution < 1.29 is 5.11 Å². The molecule has 0 bridgehead atoms. The van der Waals surface area contributed by atoms with Gasteiger partial charge in [-0.05, 0) is 0 Å². The van der Waals surface area contributed by atoms with Crippen LogP contribution in [0, 0.1) is 0 Å². The molecule has 0 atom stereocenters. The van der Waals surface area contributed by atoms with Crippen molar-refractivity contribution >= 4 is 0 Å². The summed E-state index contributed by atoms with van der Waals surface area (Å²) in [5, 5.41) is 7.00. The molecule has 78 valence electrons. The fourth-order valence-corrected chi connectivity index (χ4v) is 0.385. The van der Waals surface area contributed by atoms with Gasteiger partial charge < -0.3 is 5.11 Å². The molecule has 0 aliphatic heterocycles. The van der Waals surface area contributed by atoms with Gasteiger partial charge in [0.1, 0.15) is 0 Å². The summed E-state index contributed by atoms with van der Waals surface area (Å²) < 4.78 is 0. The van der Waals surface area contributed by atoms with E-state index in [1.165, 1.54) is 6.42 Å². The van der Waals surface area contributed by atoms with Gasteiger partial charge in [0.2, 0.25) is 0 Å². The van der Waals surface area contributed by atoms with E-state index in [9.17, 15) is 0 Å². The molecule has 1 rings (SSSR count). The van der Waals surface area contributed by atoms with E-state index in [1.54, 1.807) is 0 Å². The Bertz CT molecular complexity index is 88.0. The van der Waals surface area contributed by atoms with E-state index in [0.717, 1.165) is 7.11 Å². The molecule has 0 radical (unpaired) electrons. The summed E-state index contributed by atoms with van der Waals surface area (Å²) >= 11 is 0. The van der Waals surface area contributed by atoms with Crippen molar-refractivity contribution in [2.45, 2.75) is 34.1 Å². The Balaban J connectivity index is -0.000000124. The lowest BCUT2D eigenvalue weighted by molar-refractivity contribution is 0.399. The number of hydrogen-bond donors (Lipinski definition) is 1. The van der Waals surface area contributed by atoms with Crippen LogP contribution in [0.2, 0.25) is 0 Å². The number of aliphatic hydroxyl groups excluding tert-OH is 1. The van der Waals surface area contributed by atoms with Crippen molar-refractivity contribution in [1.82, 2.24) is 0 Å². The van der Waals surface area contributed by atoms with E-state index in [0.29, 0.717) is 0 Å². The maximum atomic E-state index is 7.00. The molecule has 0 saturated carbocycles. The van der Waals surface area contributed by atoms with E-state index in [1.807, 2.05) is 50.2 Å². The van der Waals surface area contributed by atoms with Gasteiger partial charge in [0, 0.05) is 7.11 Å². The number of benzene rings is 1. The van der Waals surface area contributed by atoms with E-state index >= 15 is 0 Å². The van der Waals surface area contributed by atoms with Crippen molar-refractivity contribution in [3.8, 4) is 0 Å². The largest absolute Gasteiger partial charge is 0.400 e. The summed E-state index contributed by atoms with van der Waals surface area (Å²) in [7, 11) is 1.00. The fourth-order valence-electron chi connectivity index (χ4n) is 0.385. The first-order chi connectivity index (χ1) is 6.41. The molecule has 1 N–H and O–H groups in total. The third-order valence-corrected chi connectivity index (χ3v) is 0.667. The average Bonchev–Trinajstić information content (AvgIpc) is 2.27. The first-order valence-corrected chi connectivity index (χ1v) is 4.86. The number of rotatable bonds is 0. The minimum absolute atomic E-state index is 1.00. The summed E-state index contributed by atoms with van der Waals surface area (Å²) in [6.07, 6.45) is 1.25. The smallest absolute Gasteiger partial charge is 0.0319 e. The zero-order valence-electron chi connectivity index (χ0n) is 9.62. The molecule has 0 spiro atoms. The van der Waals surface area contributed by atoms with Crippen molar-refractivity contribution in [1.29, 1.82) is 0 Å². The van der Waals surface area contributed by atoms with Crippen LogP contribution in [0.25, 0.3) is 0 Å². The normalized spacial score (nSPS) is 6.00. The highest BCUT2D eigenvalue weighted by Crippen LogP contribution is 1.79. The Morgan fingerprint density at radius 3 is 0.846 bits per heavy atom. The monoisotopic (exact) mass is 184 g/mol. The quantitative estimate of drug-likeness (QED) is 0.651. The van der Waals surface area contributed by atoms with E-state index in [-0.39, 0.29) is 0 Å². The predicted octanol–water partition coefficient (Wildman–Crippen LogP) is 3.74. The molecule has 0 saturated heterocycles. The Morgan fingerprint density at radius 2 is 0.769 bits per heavy atom. The van der Waals surface area contributed by atoms with Crippen LogP contribution in [0.5, 0.6) is 0 Å². The lowest BCUT2D eigenvalue weighted by atomic mass is 10.4. The Labute approximate surface area is 83.4 Å². The average molecular weight is 184 g/mol. The topological polar surface area (TPSA) is 20.2 Å². The first-order valence-electron chi connectivity index (χ1n) is 4.86. The second kappa shape index (κ2) is 30.3. The Hall–Kier alpha value is -0.820. The molecule has 1 aromatic rings. The van der Waals surface area contributed by atoms with Gasteiger partial charge in [0.15, 0.2) is 0 Å². The Morgan fingerprint density at radius 1 is 0.692 bits per heavy atom.